The summed E-state index contributed by atoms with van der Waals surface area (Å²) in [5.41, 5.74) is -3.96. The number of hydrogen-bond acceptors (Lipinski definition) is 19. The molecule has 2 aliphatic rings. The van der Waals surface area contributed by atoms with E-state index in [1.54, 1.807) is 0 Å². The van der Waals surface area contributed by atoms with Crippen LogP contribution < -0.4 is 14.8 Å². The van der Waals surface area contributed by atoms with Crippen LogP contribution in [0.5, 0.6) is 28.7 Å². The molecule has 17 N–H and O–H groups in total. The van der Waals surface area contributed by atoms with Gasteiger partial charge in [0, 0.05) is 0 Å². The molecule has 1 atom stereocenters. The molecule has 0 aromatic heterocycles. The van der Waals surface area contributed by atoms with Gasteiger partial charge in [0.15, 0.2) is 11.5 Å². The molecular formula is C16H21NO19. The molecule has 1 aliphatic carbocycles. The number of benzene rings is 1. The monoisotopic (exact) mass is 531 g/mol. The van der Waals surface area contributed by atoms with E-state index < -0.39 is 93.9 Å². The van der Waals surface area contributed by atoms with Gasteiger partial charge in [-0.3, -0.25) is 4.79 Å². The third-order valence-electron chi connectivity index (χ3n) is 5.72. The number of hydrogen-bond donors (Lipinski definition) is 17. The highest BCUT2D eigenvalue weighted by molar-refractivity contribution is 5.82. The van der Waals surface area contributed by atoms with Crippen molar-refractivity contribution >= 4 is 5.91 Å². The van der Waals surface area contributed by atoms with Crippen molar-refractivity contribution in [2.75, 3.05) is 6.54 Å². The lowest BCUT2D eigenvalue weighted by Gasteiger charge is -2.39. The Bertz CT molecular complexity index is 1080. The lowest BCUT2D eigenvalue weighted by atomic mass is 9.90. The maximum absolute atomic E-state index is 11.6. The summed E-state index contributed by atoms with van der Waals surface area (Å²) in [4.78, 5) is 11.6. The summed E-state index contributed by atoms with van der Waals surface area (Å²) in [5.74, 6) is -34.8. The van der Waals surface area contributed by atoms with E-state index >= 15 is 0 Å². The maximum Gasteiger partial charge on any atom is 0.453 e. The van der Waals surface area contributed by atoms with Crippen molar-refractivity contribution in [3.63, 3.8) is 0 Å². The van der Waals surface area contributed by atoms with E-state index in [1.165, 1.54) is 0 Å². The number of amides is 1. The number of nitrogens with one attached hydrogen (secondary N) is 1. The quantitative estimate of drug-likeness (QED) is 0.0951. The molecule has 0 spiro atoms. The van der Waals surface area contributed by atoms with E-state index in [4.69, 9.17) is 15.3 Å². The molecule has 1 saturated carbocycles. The Labute approximate surface area is 196 Å². The average molecular weight is 531 g/mol. The Hall–Kier alpha value is -2.83. The van der Waals surface area contributed by atoms with E-state index in [-0.39, 0.29) is 0 Å². The van der Waals surface area contributed by atoms with Crippen molar-refractivity contribution in [3.8, 4) is 28.7 Å². The molecule has 2 fully saturated rings. The summed E-state index contributed by atoms with van der Waals surface area (Å²) >= 11 is 0. The highest BCUT2D eigenvalue weighted by Gasteiger charge is 2.93. The van der Waals surface area contributed by atoms with E-state index in [2.05, 4.69) is 14.8 Å². The van der Waals surface area contributed by atoms with Crippen molar-refractivity contribution in [3.05, 3.63) is 5.56 Å². The first-order chi connectivity index (χ1) is 15.9. The molecule has 3 rings (SSSR count). The van der Waals surface area contributed by atoms with E-state index in [1.807, 2.05) is 0 Å². The van der Waals surface area contributed by atoms with Crippen LogP contribution in [0.4, 0.5) is 0 Å². The molecule has 0 bridgehead atoms. The highest BCUT2D eigenvalue weighted by atomic mass is 16.9. The number of phenols is 3. The standard InChI is InChI=1S/C16H21NO19/c18-3-1-10(22,2-17-3)4-5(19)7(21)9(36-16(32,33)34)8(6(4)20)35-15(31)13(27,28)11(23,24)12(25,26)14(15,29)30/h19-34H,1-2H2,(H,17,18). The number of aliphatic hydroxyl groups is 13. The molecule has 20 heteroatoms. The average Bonchev–Trinajstić information content (AvgIpc) is 3.07. The third-order valence-corrected chi connectivity index (χ3v) is 5.72. The smallest absolute Gasteiger partial charge is 0.453 e. The Balaban J connectivity index is 2.37. The van der Waals surface area contributed by atoms with Crippen LogP contribution in [0.25, 0.3) is 0 Å². The first-order valence-electron chi connectivity index (χ1n) is 9.26. The van der Waals surface area contributed by atoms with Gasteiger partial charge in [-0.05, 0) is 0 Å². The van der Waals surface area contributed by atoms with Crippen molar-refractivity contribution in [1.29, 1.82) is 0 Å². The van der Waals surface area contributed by atoms with Crippen LogP contribution in [0.15, 0.2) is 0 Å². The van der Waals surface area contributed by atoms with Crippen molar-refractivity contribution in [2.24, 2.45) is 0 Å². The van der Waals surface area contributed by atoms with Gasteiger partial charge in [-0.25, -0.2) is 0 Å². The van der Waals surface area contributed by atoms with Crippen molar-refractivity contribution in [1.82, 2.24) is 5.32 Å². The fourth-order valence-electron chi connectivity index (χ4n) is 3.74. The minimum Gasteiger partial charge on any atom is -0.504 e. The predicted octanol–water partition coefficient (Wildman–Crippen LogP) is -8.72. The Morgan fingerprint density at radius 3 is 1.56 bits per heavy atom. The van der Waals surface area contributed by atoms with Crippen LogP contribution >= 0.6 is 0 Å². The van der Waals surface area contributed by atoms with Gasteiger partial charge in [0.1, 0.15) is 5.60 Å². The maximum atomic E-state index is 11.6. The Kier molecular flexibility index (Phi) is 5.67. The molecule has 36 heavy (non-hydrogen) atoms. The van der Waals surface area contributed by atoms with Gasteiger partial charge in [-0.15, -0.1) is 0 Å². The van der Waals surface area contributed by atoms with Crippen molar-refractivity contribution in [2.45, 2.75) is 47.1 Å². The van der Waals surface area contributed by atoms with Gasteiger partial charge in [0.25, 0.3) is 23.1 Å². The number of β-amino-alcohol motifs (C(OH)–C–C–N with tert-alkyl or cyclic N) is 1. The van der Waals surface area contributed by atoms with Crippen LogP contribution in [-0.2, 0) is 10.4 Å². The van der Waals surface area contributed by atoms with E-state index in [9.17, 15) is 71.2 Å². The number of carbonyl (C=O) groups excluding carboxylic acids is 1. The number of carbonyl (C=O) groups is 1. The molecule has 1 aromatic carbocycles. The SMILES string of the molecule is O=C1CC(O)(c2c(O)c(O)c(OC(O)(O)O)c(OC3(O)C(O)(O)C(O)(O)C(O)(O)C3(O)O)c2O)CN1. The van der Waals surface area contributed by atoms with Gasteiger partial charge < -0.3 is 96.5 Å². The summed E-state index contributed by atoms with van der Waals surface area (Å²) in [7, 11) is 0. The summed E-state index contributed by atoms with van der Waals surface area (Å²) < 4.78 is 8.41. The number of ether oxygens (including phenoxy) is 2. The summed E-state index contributed by atoms with van der Waals surface area (Å²) in [6.45, 7) is -0.805. The van der Waals surface area contributed by atoms with Gasteiger partial charge in [-0.2, -0.15) is 0 Å². The highest BCUT2D eigenvalue weighted by Crippen LogP contribution is 2.60. The largest absolute Gasteiger partial charge is 0.504 e. The van der Waals surface area contributed by atoms with Gasteiger partial charge in [0.2, 0.25) is 23.2 Å². The lowest BCUT2D eigenvalue weighted by molar-refractivity contribution is -0.452. The van der Waals surface area contributed by atoms with Crippen molar-refractivity contribution < 1.29 is 96.0 Å². The van der Waals surface area contributed by atoms with Gasteiger partial charge in [-0.1, -0.05) is 0 Å². The Morgan fingerprint density at radius 2 is 1.17 bits per heavy atom. The third kappa shape index (κ3) is 3.27. The first-order valence-corrected chi connectivity index (χ1v) is 9.26. The lowest BCUT2D eigenvalue weighted by Crippen LogP contribution is -2.70. The van der Waals surface area contributed by atoms with Crippen LogP contribution in [0.3, 0.4) is 0 Å². The molecule has 20 nitrogen and oxygen atoms in total. The number of phenolic OH excluding ortho intramolecular Hbond substituents is 3. The number of rotatable bonds is 5. The molecular weight excluding hydrogens is 510 g/mol. The second kappa shape index (κ2) is 7.36. The predicted molar refractivity (Wildman–Crippen MR) is 97.2 cm³/mol. The van der Waals surface area contributed by atoms with Gasteiger partial charge in [0.05, 0.1) is 18.5 Å². The minimum atomic E-state index is -4.99. The molecule has 1 unspecified atom stereocenters. The topological polar surface area (TPSA) is 371 Å². The van der Waals surface area contributed by atoms with Gasteiger partial charge >= 0.3 is 11.9 Å². The minimum absolute atomic E-state index is 0.805. The van der Waals surface area contributed by atoms with Crippen LogP contribution in [0.2, 0.25) is 0 Å². The second-order valence-corrected chi connectivity index (χ2v) is 8.18. The summed E-state index contributed by atoms with van der Waals surface area (Å²) in [6.07, 6.45) is -5.31. The normalized spacial score (nSPS) is 27.5. The molecule has 1 saturated heterocycles. The zero-order chi connectivity index (χ0) is 28.1. The van der Waals surface area contributed by atoms with Crippen LogP contribution in [0.1, 0.15) is 12.0 Å². The zero-order valence-electron chi connectivity index (χ0n) is 17.3. The first kappa shape index (κ1) is 27.8. The molecule has 204 valence electrons. The van der Waals surface area contributed by atoms with Crippen LogP contribution in [-0.4, -0.2) is 129 Å². The fraction of sp³-hybridized carbons (Fsp3) is 0.562. The second-order valence-electron chi connectivity index (χ2n) is 8.18. The Morgan fingerprint density at radius 1 is 0.694 bits per heavy atom. The molecule has 1 aliphatic heterocycles. The fourth-order valence-corrected chi connectivity index (χ4v) is 3.74. The molecule has 1 amide bonds. The summed E-state index contributed by atoms with van der Waals surface area (Å²) in [5, 5.41) is 161. The molecule has 0 radical (unpaired) electrons. The van der Waals surface area contributed by atoms with E-state index in [0.717, 1.165) is 0 Å². The van der Waals surface area contributed by atoms with E-state index in [0.29, 0.717) is 0 Å². The number of aromatic hydroxyl groups is 3. The summed E-state index contributed by atoms with van der Waals surface area (Å²) in [6, 6.07) is 0. The molecule has 1 aromatic rings. The molecule has 1 heterocycles. The zero-order valence-corrected chi connectivity index (χ0v) is 17.3. The van der Waals surface area contributed by atoms with Crippen LogP contribution in [0, 0.1) is 0 Å².